The third-order valence-corrected chi connectivity index (χ3v) is 4.98. The number of aryl methyl sites for hydroxylation is 1. The summed E-state index contributed by atoms with van der Waals surface area (Å²) in [4.78, 5) is 23.2. The van der Waals surface area contributed by atoms with Crippen molar-refractivity contribution in [3.05, 3.63) is 27.3 Å². The highest BCUT2D eigenvalue weighted by atomic mass is 127. The average molecular weight is 373 g/mol. The van der Waals surface area contributed by atoms with E-state index < -0.39 is 23.2 Å². The molecule has 1 aliphatic rings. The summed E-state index contributed by atoms with van der Waals surface area (Å²) in [6, 6.07) is 5.66. The number of hydrogen-bond acceptors (Lipinski definition) is 2. The quantitative estimate of drug-likeness (QED) is 0.801. The van der Waals surface area contributed by atoms with Crippen LogP contribution < -0.4 is 5.32 Å². The van der Waals surface area contributed by atoms with Crippen LogP contribution in [-0.2, 0) is 9.59 Å². The van der Waals surface area contributed by atoms with Gasteiger partial charge in [-0.25, -0.2) is 0 Å². The molecule has 1 fully saturated rings. The normalized spacial score (nSPS) is 23.8. The first kappa shape index (κ1) is 14.3. The van der Waals surface area contributed by atoms with Crippen LogP contribution in [0, 0.1) is 27.7 Å². The van der Waals surface area contributed by atoms with Crippen molar-refractivity contribution >= 4 is 40.2 Å². The number of anilines is 1. The summed E-state index contributed by atoms with van der Waals surface area (Å²) in [5, 5.41) is 11.9. The van der Waals surface area contributed by atoms with E-state index in [0.29, 0.717) is 5.69 Å². The Bertz CT molecular complexity index is 554. The lowest BCUT2D eigenvalue weighted by Gasteiger charge is -2.07. The second-order valence-corrected chi connectivity index (χ2v) is 6.73. The minimum atomic E-state index is -0.899. The van der Waals surface area contributed by atoms with E-state index in [-0.39, 0.29) is 5.91 Å². The van der Waals surface area contributed by atoms with E-state index in [2.05, 4.69) is 27.9 Å². The Hall–Kier alpha value is -1.11. The van der Waals surface area contributed by atoms with Crippen LogP contribution in [0.5, 0.6) is 0 Å². The Morgan fingerprint density at radius 3 is 2.42 bits per heavy atom. The van der Waals surface area contributed by atoms with E-state index in [1.54, 1.807) is 0 Å². The van der Waals surface area contributed by atoms with Crippen LogP contribution >= 0.6 is 22.6 Å². The standard InChI is InChI=1S/C14H16INO3/c1-7-4-5-8(6-9(7)15)16-12(17)10-11(13(18)19)14(10,2)3/h4-6,10-11H,1-3H3,(H,16,17)(H,18,19). The van der Waals surface area contributed by atoms with Crippen LogP contribution in [0.3, 0.4) is 0 Å². The number of nitrogens with one attached hydrogen (secondary N) is 1. The van der Waals surface area contributed by atoms with Crippen LogP contribution in [0.2, 0.25) is 0 Å². The third-order valence-electron chi connectivity index (χ3n) is 3.82. The van der Waals surface area contributed by atoms with E-state index in [0.717, 1.165) is 9.13 Å². The predicted octanol–water partition coefficient (Wildman–Crippen LogP) is 2.89. The van der Waals surface area contributed by atoms with Crippen molar-refractivity contribution in [2.75, 3.05) is 5.32 Å². The molecule has 102 valence electrons. The molecule has 1 aromatic rings. The lowest BCUT2D eigenvalue weighted by atomic mass is 10.1. The molecule has 2 rings (SSSR count). The van der Waals surface area contributed by atoms with Crippen LogP contribution in [0.1, 0.15) is 19.4 Å². The molecule has 0 spiro atoms. The molecule has 2 N–H and O–H groups in total. The maximum atomic E-state index is 12.1. The molecule has 0 bridgehead atoms. The summed E-state index contributed by atoms with van der Waals surface area (Å²) in [6.45, 7) is 5.63. The Morgan fingerprint density at radius 2 is 1.95 bits per heavy atom. The number of benzene rings is 1. The van der Waals surface area contributed by atoms with Crippen molar-refractivity contribution < 1.29 is 14.7 Å². The molecule has 0 saturated heterocycles. The molecule has 2 unspecified atom stereocenters. The molecule has 1 saturated carbocycles. The number of amides is 1. The van der Waals surface area contributed by atoms with Crippen LogP contribution in [-0.4, -0.2) is 17.0 Å². The number of rotatable bonds is 3. The minimum Gasteiger partial charge on any atom is -0.481 e. The lowest BCUT2D eigenvalue weighted by Crippen LogP contribution is -2.17. The molecular weight excluding hydrogens is 357 g/mol. The molecule has 0 aliphatic heterocycles. The van der Waals surface area contributed by atoms with Crippen molar-refractivity contribution in [1.82, 2.24) is 0 Å². The molecule has 2 atom stereocenters. The lowest BCUT2D eigenvalue weighted by molar-refractivity contribution is -0.140. The van der Waals surface area contributed by atoms with Crippen molar-refractivity contribution in [3.8, 4) is 0 Å². The van der Waals surface area contributed by atoms with E-state index in [1.165, 1.54) is 0 Å². The molecule has 0 heterocycles. The van der Waals surface area contributed by atoms with Gasteiger partial charge in [0, 0.05) is 9.26 Å². The smallest absolute Gasteiger partial charge is 0.307 e. The van der Waals surface area contributed by atoms with E-state index in [1.807, 2.05) is 39.0 Å². The first-order valence-corrected chi connectivity index (χ1v) is 7.13. The molecule has 0 radical (unpaired) electrons. The van der Waals surface area contributed by atoms with Crippen LogP contribution in [0.25, 0.3) is 0 Å². The van der Waals surface area contributed by atoms with E-state index in [4.69, 9.17) is 5.11 Å². The van der Waals surface area contributed by atoms with E-state index in [9.17, 15) is 9.59 Å². The summed E-state index contributed by atoms with van der Waals surface area (Å²) in [5.74, 6) is -2.15. The first-order valence-electron chi connectivity index (χ1n) is 6.05. The van der Waals surface area contributed by atoms with Crippen molar-refractivity contribution in [1.29, 1.82) is 0 Å². The number of hydrogen-bond donors (Lipinski definition) is 2. The second-order valence-electron chi connectivity index (χ2n) is 5.57. The number of halogens is 1. The highest BCUT2D eigenvalue weighted by Gasteiger charge is 2.65. The van der Waals surface area contributed by atoms with Gasteiger partial charge in [0.05, 0.1) is 11.8 Å². The van der Waals surface area contributed by atoms with Gasteiger partial charge in [-0.15, -0.1) is 0 Å². The van der Waals surface area contributed by atoms with Crippen molar-refractivity contribution in [2.24, 2.45) is 17.3 Å². The fourth-order valence-corrected chi connectivity index (χ4v) is 2.99. The van der Waals surface area contributed by atoms with Gasteiger partial charge >= 0.3 is 5.97 Å². The average Bonchev–Trinajstić information content (AvgIpc) is 2.87. The monoisotopic (exact) mass is 373 g/mol. The molecular formula is C14H16INO3. The maximum absolute atomic E-state index is 12.1. The predicted molar refractivity (Wildman–Crippen MR) is 80.9 cm³/mol. The Morgan fingerprint density at radius 1 is 1.32 bits per heavy atom. The highest BCUT2D eigenvalue weighted by molar-refractivity contribution is 14.1. The molecule has 1 aromatic carbocycles. The number of carboxylic acid groups (broad SMARTS) is 1. The minimum absolute atomic E-state index is 0.211. The van der Waals surface area contributed by atoms with Gasteiger partial charge < -0.3 is 10.4 Å². The third kappa shape index (κ3) is 2.61. The van der Waals surface area contributed by atoms with Gasteiger partial charge in [-0.3, -0.25) is 9.59 Å². The fourth-order valence-electron chi connectivity index (χ4n) is 2.48. The van der Waals surface area contributed by atoms with Crippen LogP contribution in [0.15, 0.2) is 18.2 Å². The summed E-state index contributed by atoms with van der Waals surface area (Å²) < 4.78 is 1.07. The first-order chi connectivity index (χ1) is 8.75. The Balaban J connectivity index is 2.10. The molecule has 5 heteroatoms. The molecule has 1 aliphatic carbocycles. The number of carbonyl (C=O) groups is 2. The number of carboxylic acids is 1. The van der Waals surface area contributed by atoms with Gasteiger partial charge in [-0.05, 0) is 52.6 Å². The molecule has 0 aromatic heterocycles. The van der Waals surface area contributed by atoms with Gasteiger partial charge in [-0.1, -0.05) is 19.9 Å². The van der Waals surface area contributed by atoms with Crippen molar-refractivity contribution in [3.63, 3.8) is 0 Å². The number of carbonyl (C=O) groups excluding carboxylic acids is 1. The SMILES string of the molecule is Cc1ccc(NC(=O)C2C(C(=O)O)C2(C)C)cc1I. The van der Waals surface area contributed by atoms with Crippen molar-refractivity contribution in [2.45, 2.75) is 20.8 Å². The highest BCUT2D eigenvalue weighted by Crippen LogP contribution is 2.58. The zero-order valence-electron chi connectivity index (χ0n) is 11.0. The Kier molecular flexibility index (Phi) is 3.59. The second kappa shape index (κ2) is 4.77. The molecule has 1 amide bonds. The largest absolute Gasteiger partial charge is 0.481 e. The fraction of sp³-hybridized carbons (Fsp3) is 0.429. The summed E-state index contributed by atoms with van der Waals surface area (Å²) in [7, 11) is 0. The topological polar surface area (TPSA) is 66.4 Å². The number of aliphatic carboxylic acids is 1. The van der Waals surface area contributed by atoms with E-state index >= 15 is 0 Å². The van der Waals surface area contributed by atoms with Gasteiger partial charge in [0.25, 0.3) is 0 Å². The summed E-state index contributed by atoms with van der Waals surface area (Å²) >= 11 is 2.21. The zero-order valence-corrected chi connectivity index (χ0v) is 13.2. The van der Waals surface area contributed by atoms with Gasteiger partial charge in [0.1, 0.15) is 0 Å². The molecule has 19 heavy (non-hydrogen) atoms. The van der Waals surface area contributed by atoms with Gasteiger partial charge in [0.15, 0.2) is 0 Å². The zero-order chi connectivity index (χ0) is 14.4. The summed E-state index contributed by atoms with van der Waals surface area (Å²) in [5.41, 5.74) is 1.40. The van der Waals surface area contributed by atoms with Gasteiger partial charge in [-0.2, -0.15) is 0 Å². The maximum Gasteiger partial charge on any atom is 0.307 e. The Labute approximate surface area is 125 Å². The van der Waals surface area contributed by atoms with Gasteiger partial charge in [0.2, 0.25) is 5.91 Å². The molecule has 4 nitrogen and oxygen atoms in total. The summed E-state index contributed by atoms with van der Waals surface area (Å²) in [6.07, 6.45) is 0. The van der Waals surface area contributed by atoms with Crippen LogP contribution in [0.4, 0.5) is 5.69 Å².